The molecule has 1 heterocycles. The van der Waals surface area contributed by atoms with Gasteiger partial charge in [-0.05, 0) is 25.3 Å². The maximum Gasteiger partial charge on any atom is 0.295 e. The van der Waals surface area contributed by atoms with E-state index in [9.17, 15) is 14.5 Å². The van der Waals surface area contributed by atoms with E-state index in [1.807, 2.05) is 4.90 Å². The number of halogens is 1. The minimum absolute atomic E-state index is 0.0200. The zero-order valence-electron chi connectivity index (χ0n) is 11.3. The molecule has 110 valence electrons. The lowest BCUT2D eigenvalue weighted by molar-refractivity contribution is -0.384. The average Bonchev–Trinajstić information content (AvgIpc) is 2.47. The Morgan fingerprint density at radius 2 is 2.15 bits per heavy atom. The predicted molar refractivity (Wildman–Crippen MR) is 73.6 cm³/mol. The maximum absolute atomic E-state index is 13.6. The minimum atomic E-state index is -0.722. The zero-order chi connectivity index (χ0) is 14.7. The van der Waals surface area contributed by atoms with Gasteiger partial charge in [0.15, 0.2) is 11.6 Å². The Bertz CT molecular complexity index is 502. The van der Waals surface area contributed by atoms with Gasteiger partial charge in [-0.25, -0.2) is 4.39 Å². The smallest absolute Gasteiger partial charge is 0.295 e. The van der Waals surface area contributed by atoms with Crippen molar-refractivity contribution in [2.75, 3.05) is 31.6 Å². The van der Waals surface area contributed by atoms with Crippen LogP contribution in [0.5, 0.6) is 5.75 Å². The molecule has 1 aromatic carbocycles. The number of hydrogen-bond donors (Lipinski definition) is 1. The molecule has 0 bridgehead atoms. The first-order chi connectivity index (χ1) is 9.56. The molecule has 6 nitrogen and oxygen atoms in total. The second-order valence-electron chi connectivity index (χ2n) is 4.90. The molecule has 2 rings (SSSR count). The Morgan fingerprint density at radius 3 is 2.65 bits per heavy atom. The lowest BCUT2D eigenvalue weighted by Gasteiger charge is -2.32. The highest BCUT2D eigenvalue weighted by molar-refractivity contribution is 5.66. The fourth-order valence-electron chi connectivity index (χ4n) is 2.50. The Kier molecular flexibility index (Phi) is 4.39. The van der Waals surface area contributed by atoms with Crippen LogP contribution in [0.1, 0.15) is 12.8 Å². The highest BCUT2D eigenvalue weighted by atomic mass is 19.1. The third-order valence-electron chi connectivity index (χ3n) is 3.73. The summed E-state index contributed by atoms with van der Waals surface area (Å²) in [6.07, 6.45) is 1.76. The molecule has 7 heteroatoms. The average molecular weight is 283 g/mol. The van der Waals surface area contributed by atoms with Crippen molar-refractivity contribution < 1.29 is 14.1 Å². The number of anilines is 1. The van der Waals surface area contributed by atoms with E-state index >= 15 is 0 Å². The Morgan fingerprint density at radius 1 is 1.50 bits per heavy atom. The summed E-state index contributed by atoms with van der Waals surface area (Å²) in [6, 6.07) is 2.32. The molecule has 20 heavy (non-hydrogen) atoms. The normalized spacial score (nSPS) is 16.2. The number of nitrogens with two attached hydrogens (primary N) is 1. The highest BCUT2D eigenvalue weighted by Gasteiger charge is 2.26. The van der Waals surface area contributed by atoms with E-state index < -0.39 is 10.7 Å². The summed E-state index contributed by atoms with van der Waals surface area (Å²) in [7, 11) is 1.34. The standard InChI is InChI=1S/C13H18FN3O3/c1-20-13-7-11(12(17(18)19)6-10(13)14)16-4-2-9(8-15)3-5-16/h6-7,9H,2-5,8,15H2,1H3. The highest BCUT2D eigenvalue weighted by Crippen LogP contribution is 2.36. The number of nitro groups is 1. The van der Waals surface area contributed by atoms with Crippen LogP contribution in [-0.4, -0.2) is 31.7 Å². The molecule has 0 unspecified atom stereocenters. The molecule has 1 aliphatic rings. The first-order valence-electron chi connectivity index (χ1n) is 6.53. The number of nitrogens with zero attached hydrogens (tertiary/aromatic N) is 2. The second kappa shape index (κ2) is 6.04. The molecule has 0 saturated carbocycles. The van der Waals surface area contributed by atoms with Gasteiger partial charge in [0.1, 0.15) is 5.69 Å². The van der Waals surface area contributed by atoms with Crippen molar-refractivity contribution in [2.45, 2.75) is 12.8 Å². The summed E-state index contributed by atoms with van der Waals surface area (Å²) >= 11 is 0. The van der Waals surface area contributed by atoms with Gasteiger partial charge in [0.25, 0.3) is 5.69 Å². The Balaban J connectivity index is 2.32. The first-order valence-corrected chi connectivity index (χ1v) is 6.53. The molecule has 1 fully saturated rings. The molecule has 0 atom stereocenters. The molecule has 1 aliphatic heterocycles. The van der Waals surface area contributed by atoms with Gasteiger partial charge in [-0.1, -0.05) is 0 Å². The van der Waals surface area contributed by atoms with Crippen LogP contribution in [0, 0.1) is 21.8 Å². The van der Waals surface area contributed by atoms with E-state index in [1.54, 1.807) is 0 Å². The van der Waals surface area contributed by atoms with Crippen LogP contribution >= 0.6 is 0 Å². The lowest BCUT2D eigenvalue weighted by Crippen LogP contribution is -2.36. The fourth-order valence-corrected chi connectivity index (χ4v) is 2.50. The molecule has 0 spiro atoms. The molecular weight excluding hydrogens is 265 g/mol. The van der Waals surface area contributed by atoms with Gasteiger partial charge in [-0.2, -0.15) is 0 Å². The minimum Gasteiger partial charge on any atom is -0.494 e. The van der Waals surface area contributed by atoms with Crippen molar-refractivity contribution in [1.82, 2.24) is 0 Å². The van der Waals surface area contributed by atoms with Crippen molar-refractivity contribution in [3.05, 3.63) is 28.1 Å². The van der Waals surface area contributed by atoms with E-state index in [0.29, 0.717) is 31.2 Å². The number of rotatable bonds is 4. The van der Waals surface area contributed by atoms with Gasteiger partial charge in [-0.15, -0.1) is 0 Å². The third-order valence-corrected chi connectivity index (χ3v) is 3.73. The van der Waals surface area contributed by atoms with E-state index in [-0.39, 0.29) is 11.4 Å². The molecule has 1 aromatic rings. The van der Waals surface area contributed by atoms with E-state index in [0.717, 1.165) is 18.9 Å². The molecule has 2 N–H and O–H groups in total. The van der Waals surface area contributed by atoms with Gasteiger partial charge < -0.3 is 15.4 Å². The summed E-state index contributed by atoms with van der Waals surface area (Å²) in [5, 5.41) is 11.1. The molecule has 0 aromatic heterocycles. The number of piperidine rings is 1. The molecule has 0 radical (unpaired) electrons. The number of methoxy groups -OCH3 is 1. The number of nitro benzene ring substituents is 1. The molecular formula is C13H18FN3O3. The summed E-state index contributed by atoms with van der Waals surface area (Å²) in [5.74, 6) is -0.251. The van der Waals surface area contributed by atoms with Crippen LogP contribution < -0.4 is 15.4 Å². The fraction of sp³-hybridized carbons (Fsp3) is 0.538. The maximum atomic E-state index is 13.6. The third kappa shape index (κ3) is 2.82. The zero-order valence-corrected chi connectivity index (χ0v) is 11.3. The van der Waals surface area contributed by atoms with E-state index in [1.165, 1.54) is 13.2 Å². The van der Waals surface area contributed by atoms with Crippen LogP contribution in [0.3, 0.4) is 0 Å². The SMILES string of the molecule is COc1cc(N2CCC(CN)CC2)c([N+](=O)[O-])cc1F. The molecule has 0 amide bonds. The van der Waals surface area contributed by atoms with Crippen molar-refractivity contribution in [2.24, 2.45) is 11.7 Å². The first kappa shape index (κ1) is 14.5. The van der Waals surface area contributed by atoms with Gasteiger partial charge in [0.05, 0.1) is 18.1 Å². The summed E-state index contributed by atoms with van der Waals surface area (Å²) in [5.41, 5.74) is 5.81. The molecule has 1 saturated heterocycles. The van der Waals surface area contributed by atoms with Crippen molar-refractivity contribution in [3.63, 3.8) is 0 Å². The van der Waals surface area contributed by atoms with Gasteiger partial charge in [0.2, 0.25) is 0 Å². The van der Waals surface area contributed by atoms with Crippen LogP contribution in [0.2, 0.25) is 0 Å². The van der Waals surface area contributed by atoms with Gasteiger partial charge in [-0.3, -0.25) is 10.1 Å². The largest absolute Gasteiger partial charge is 0.494 e. The Hall–Kier alpha value is -1.89. The van der Waals surface area contributed by atoms with Gasteiger partial charge >= 0.3 is 0 Å². The van der Waals surface area contributed by atoms with Crippen molar-refractivity contribution in [1.29, 1.82) is 0 Å². The summed E-state index contributed by atoms with van der Waals surface area (Å²) in [6.45, 7) is 1.98. The number of hydrogen-bond acceptors (Lipinski definition) is 5. The summed E-state index contributed by atoms with van der Waals surface area (Å²) < 4.78 is 18.5. The topological polar surface area (TPSA) is 81.6 Å². The van der Waals surface area contributed by atoms with Gasteiger partial charge in [0, 0.05) is 19.2 Å². The van der Waals surface area contributed by atoms with Crippen LogP contribution in [0.25, 0.3) is 0 Å². The van der Waals surface area contributed by atoms with Crippen LogP contribution in [-0.2, 0) is 0 Å². The van der Waals surface area contributed by atoms with E-state index in [2.05, 4.69) is 0 Å². The monoisotopic (exact) mass is 283 g/mol. The summed E-state index contributed by atoms with van der Waals surface area (Å²) in [4.78, 5) is 12.4. The number of ether oxygens (including phenoxy) is 1. The van der Waals surface area contributed by atoms with Crippen molar-refractivity contribution >= 4 is 11.4 Å². The Labute approximate surface area is 116 Å². The van der Waals surface area contributed by atoms with E-state index in [4.69, 9.17) is 10.5 Å². The predicted octanol–water partition coefficient (Wildman–Crippen LogP) is 1.92. The quantitative estimate of drug-likeness (QED) is 0.674. The second-order valence-corrected chi connectivity index (χ2v) is 4.90. The van der Waals surface area contributed by atoms with Crippen LogP contribution in [0.4, 0.5) is 15.8 Å². The van der Waals surface area contributed by atoms with Crippen LogP contribution in [0.15, 0.2) is 12.1 Å². The molecule has 0 aliphatic carbocycles. The number of benzene rings is 1. The lowest BCUT2D eigenvalue weighted by atomic mass is 9.96. The van der Waals surface area contributed by atoms with Crippen molar-refractivity contribution in [3.8, 4) is 5.75 Å².